The number of guanidine groups is 1. The highest BCUT2D eigenvalue weighted by atomic mass is 16.3. The number of aliphatic imine (C=N–C) groups is 1. The smallest absolute Gasteiger partial charge is 0.312 e. The summed E-state index contributed by atoms with van der Waals surface area (Å²) in [4.78, 5) is 97.8. The van der Waals surface area contributed by atoms with E-state index in [9.17, 15) is 33.7 Å². The van der Waals surface area contributed by atoms with E-state index in [4.69, 9.17) is 28.7 Å². The minimum atomic E-state index is -1.70. The summed E-state index contributed by atoms with van der Waals surface area (Å²) in [5.41, 5.74) is 27.0. The van der Waals surface area contributed by atoms with Crippen LogP contribution in [0.15, 0.2) is 22.7 Å². The zero-order valence-corrected chi connectivity index (χ0v) is 23.7. The lowest BCUT2D eigenvalue weighted by atomic mass is 10.0. The van der Waals surface area contributed by atoms with E-state index in [1.165, 1.54) is 19.4 Å². The number of aromatic nitrogens is 2. The highest BCUT2D eigenvalue weighted by Gasteiger charge is 2.40. The van der Waals surface area contributed by atoms with Crippen molar-refractivity contribution in [1.29, 1.82) is 0 Å². The van der Waals surface area contributed by atoms with E-state index in [1.807, 2.05) is 0 Å². The van der Waals surface area contributed by atoms with Gasteiger partial charge in [0.05, 0.1) is 12.7 Å². The number of carbonyl (C=O) groups is 6. The summed E-state index contributed by atoms with van der Waals surface area (Å²) in [6, 6.07) is -5.19. The van der Waals surface area contributed by atoms with Gasteiger partial charge in [0.15, 0.2) is 12.1 Å². The normalized spacial score (nSPS) is 13.3. The first-order valence-corrected chi connectivity index (χ1v) is 13.1. The van der Waals surface area contributed by atoms with Crippen molar-refractivity contribution in [3.63, 3.8) is 0 Å². The molecule has 0 aromatic carbocycles. The van der Waals surface area contributed by atoms with Crippen LogP contribution >= 0.6 is 0 Å². The Morgan fingerprint density at radius 3 is 2.21 bits per heavy atom. The Bertz CT molecular complexity index is 1150. The van der Waals surface area contributed by atoms with Gasteiger partial charge in [-0.3, -0.25) is 29.0 Å². The topological polar surface area (TPSA) is 342 Å². The number of rotatable bonds is 20. The molecular weight excluding hydrogens is 570 g/mol. The predicted octanol–water partition coefficient (Wildman–Crippen LogP) is -3.91. The van der Waals surface area contributed by atoms with Gasteiger partial charge in [-0.15, -0.1) is 4.91 Å². The monoisotopic (exact) mass is 609 g/mol. The number of hydrogen-bond acceptors (Lipinski definition) is 10. The maximum atomic E-state index is 14.0. The van der Waals surface area contributed by atoms with Gasteiger partial charge in [-0.1, -0.05) is 0 Å². The van der Waals surface area contributed by atoms with E-state index in [1.54, 1.807) is 0 Å². The lowest BCUT2D eigenvalue weighted by molar-refractivity contribution is -0.146. The molecule has 43 heavy (non-hydrogen) atoms. The first-order chi connectivity index (χ1) is 20.3. The van der Waals surface area contributed by atoms with Crippen molar-refractivity contribution in [2.75, 3.05) is 13.1 Å². The average molecular weight is 610 g/mol. The van der Waals surface area contributed by atoms with Crippen LogP contribution < -0.4 is 44.6 Å². The van der Waals surface area contributed by atoms with Crippen molar-refractivity contribution in [1.82, 2.24) is 30.8 Å². The number of amides is 7. The van der Waals surface area contributed by atoms with Gasteiger partial charge < -0.3 is 54.5 Å². The van der Waals surface area contributed by atoms with Crippen molar-refractivity contribution >= 4 is 41.5 Å². The van der Waals surface area contributed by atoms with Crippen LogP contribution in [0, 0.1) is 4.91 Å². The number of nitrogens with zero attached hydrogens (tertiary/aromatic N) is 4. The zero-order chi connectivity index (χ0) is 32.5. The molecule has 4 atom stereocenters. The number of nitroso groups, excluding NO2 is 1. The van der Waals surface area contributed by atoms with E-state index in [-0.39, 0.29) is 51.2 Å². The summed E-state index contributed by atoms with van der Waals surface area (Å²) in [7, 11) is 0. The fourth-order valence-electron chi connectivity index (χ4n) is 4.08. The SMILES string of the molecule is CC(=O)N[C@@H](CCCN=C(N)N)C(=O)N[C@@H](CC(N)=O)C(=O)N(C(Cc1cnc[nH]1)N=O)[C@@H](CCCNC(N)=O)C(N)=O. The molecule has 0 saturated carbocycles. The molecule has 7 amide bonds. The molecular formula is C23H39N13O7. The van der Waals surface area contributed by atoms with Crippen LogP contribution in [-0.4, -0.2) is 93.8 Å². The predicted molar refractivity (Wildman–Crippen MR) is 152 cm³/mol. The summed E-state index contributed by atoms with van der Waals surface area (Å²) >= 11 is 0. The first-order valence-electron chi connectivity index (χ1n) is 13.1. The number of nitrogens with one attached hydrogen (secondary N) is 4. The number of nitrogens with two attached hydrogens (primary N) is 5. The van der Waals surface area contributed by atoms with Gasteiger partial charge in [-0.2, -0.15) is 0 Å². The number of aromatic amines is 1. The summed E-state index contributed by atoms with van der Waals surface area (Å²) in [6.45, 7) is 1.30. The second kappa shape index (κ2) is 18.2. The Morgan fingerprint density at radius 2 is 1.70 bits per heavy atom. The Kier molecular flexibility index (Phi) is 15.1. The van der Waals surface area contributed by atoms with Gasteiger partial charge in [0.2, 0.25) is 29.5 Å². The van der Waals surface area contributed by atoms with Crippen LogP contribution in [0.25, 0.3) is 0 Å². The van der Waals surface area contributed by atoms with Gasteiger partial charge >= 0.3 is 6.03 Å². The van der Waals surface area contributed by atoms with E-state index in [0.29, 0.717) is 5.69 Å². The molecule has 0 aliphatic rings. The van der Waals surface area contributed by atoms with Gasteiger partial charge in [0.25, 0.3) is 0 Å². The molecule has 20 nitrogen and oxygen atoms in total. The Labute approximate surface area is 246 Å². The second-order valence-electron chi connectivity index (χ2n) is 9.40. The largest absolute Gasteiger partial charge is 0.370 e. The summed E-state index contributed by atoms with van der Waals surface area (Å²) in [6.07, 6.45) is 0.347. The van der Waals surface area contributed by atoms with E-state index in [0.717, 1.165) is 4.90 Å². The number of carbonyl (C=O) groups excluding carboxylic acids is 6. The second-order valence-corrected chi connectivity index (χ2v) is 9.40. The minimum absolute atomic E-state index is 0.000570. The lowest BCUT2D eigenvalue weighted by Gasteiger charge is -2.36. The number of H-pyrrole nitrogens is 1. The molecule has 0 aliphatic heterocycles. The van der Waals surface area contributed by atoms with E-state index in [2.05, 4.69) is 36.1 Å². The van der Waals surface area contributed by atoms with Crippen molar-refractivity contribution < 1.29 is 28.8 Å². The third kappa shape index (κ3) is 13.3. The molecule has 0 radical (unpaired) electrons. The van der Waals surface area contributed by atoms with Crippen molar-refractivity contribution in [2.45, 2.75) is 69.7 Å². The molecule has 0 aliphatic carbocycles. The van der Waals surface area contributed by atoms with Gasteiger partial charge in [0, 0.05) is 38.3 Å². The molecule has 1 aromatic rings. The van der Waals surface area contributed by atoms with Crippen molar-refractivity contribution in [2.24, 2.45) is 38.8 Å². The van der Waals surface area contributed by atoms with E-state index < -0.39 is 66.3 Å². The quantitative estimate of drug-likeness (QED) is 0.0299. The highest BCUT2D eigenvalue weighted by Crippen LogP contribution is 2.19. The Morgan fingerprint density at radius 1 is 1.00 bits per heavy atom. The lowest BCUT2D eigenvalue weighted by Crippen LogP contribution is -2.60. The number of hydrogen-bond donors (Lipinski definition) is 9. The molecule has 0 spiro atoms. The molecule has 0 bridgehead atoms. The molecule has 14 N–H and O–H groups in total. The van der Waals surface area contributed by atoms with Crippen LogP contribution in [0.1, 0.15) is 44.7 Å². The number of urea groups is 1. The molecule has 0 saturated heterocycles. The van der Waals surface area contributed by atoms with Crippen LogP contribution in [0.5, 0.6) is 0 Å². The first kappa shape index (κ1) is 35.7. The van der Waals surface area contributed by atoms with Crippen LogP contribution in [-0.2, 0) is 30.4 Å². The molecule has 238 valence electrons. The summed E-state index contributed by atoms with van der Waals surface area (Å²) in [5, 5.41) is 10.2. The highest BCUT2D eigenvalue weighted by molar-refractivity contribution is 5.96. The number of primary amides is 3. The van der Waals surface area contributed by atoms with Crippen LogP contribution in [0.4, 0.5) is 4.79 Å². The third-order valence-electron chi connectivity index (χ3n) is 5.93. The van der Waals surface area contributed by atoms with Gasteiger partial charge in [-0.25, -0.2) is 9.78 Å². The molecule has 20 heteroatoms. The molecule has 1 rings (SSSR count). The standard InChI is InChI=1S/C23H39N13O7/c1-12(37)33-14(4-2-6-30-22(26)27)20(40)34-15(9-17(24)38)21(41)36(18(35-43)8-13-10-29-11-32-13)16(19(25)39)5-3-7-31-23(28)42/h10-11,14-16,18H,2-9H2,1H3,(H2,24,38)(H2,25,39)(H,29,32)(H,33,37)(H,34,40)(H4,26,27,30)(H3,28,31,42)/t14-,15-,16-,18?/m0/s1. The van der Waals surface area contributed by atoms with Gasteiger partial charge in [-0.05, 0) is 30.9 Å². The van der Waals surface area contributed by atoms with Crippen LogP contribution in [0.3, 0.4) is 0 Å². The Hall–Kier alpha value is -5.30. The van der Waals surface area contributed by atoms with Crippen molar-refractivity contribution in [3.05, 3.63) is 23.1 Å². The average Bonchev–Trinajstić information content (AvgIpc) is 3.42. The maximum Gasteiger partial charge on any atom is 0.312 e. The van der Waals surface area contributed by atoms with E-state index >= 15 is 0 Å². The summed E-state index contributed by atoms with van der Waals surface area (Å²) in [5.74, 6) is -4.73. The molecule has 0 fully saturated rings. The molecule has 1 heterocycles. The van der Waals surface area contributed by atoms with Crippen LogP contribution in [0.2, 0.25) is 0 Å². The molecule has 1 aromatic heterocycles. The zero-order valence-electron chi connectivity index (χ0n) is 23.7. The summed E-state index contributed by atoms with van der Waals surface area (Å²) < 4.78 is 0. The fourth-order valence-corrected chi connectivity index (χ4v) is 4.08. The minimum Gasteiger partial charge on any atom is -0.370 e. The molecule has 1 unspecified atom stereocenters. The Balaban J connectivity index is 3.41. The maximum absolute atomic E-state index is 14.0. The number of imidazole rings is 1. The fraction of sp³-hybridized carbons (Fsp3) is 0.565. The van der Waals surface area contributed by atoms with Gasteiger partial charge in [0.1, 0.15) is 18.1 Å². The third-order valence-corrected chi connectivity index (χ3v) is 5.93. The van der Waals surface area contributed by atoms with Crippen molar-refractivity contribution in [3.8, 4) is 0 Å².